The van der Waals surface area contributed by atoms with E-state index in [9.17, 15) is 10.0 Å². The highest BCUT2D eigenvalue weighted by molar-refractivity contribution is 5.89. The smallest absolute Gasteiger partial charge is 0.384 e. The van der Waals surface area contributed by atoms with Gasteiger partial charge in [-0.05, 0) is 18.9 Å². The van der Waals surface area contributed by atoms with Crippen LogP contribution in [0.15, 0.2) is 24.5 Å². The van der Waals surface area contributed by atoms with Crippen LogP contribution in [0.1, 0.15) is 12.5 Å². The second kappa shape index (κ2) is 4.87. The van der Waals surface area contributed by atoms with Crippen LogP contribution >= 0.6 is 0 Å². The lowest BCUT2D eigenvalue weighted by Gasteiger charge is -1.93. The number of ether oxygens (including phenoxy) is 1. The average molecular weight is 191 g/mol. The predicted molar refractivity (Wildman–Crippen MR) is 48.9 cm³/mol. The summed E-state index contributed by atoms with van der Waals surface area (Å²) >= 11 is 0. The van der Waals surface area contributed by atoms with Gasteiger partial charge in [-0.1, -0.05) is 0 Å². The Morgan fingerprint density at radius 3 is 3.14 bits per heavy atom. The first-order chi connectivity index (χ1) is 6.72. The number of carbonyl (C=O) groups excluding carboxylic acids is 1. The molecule has 0 aliphatic rings. The van der Waals surface area contributed by atoms with Gasteiger partial charge < -0.3 is 9.94 Å². The molecule has 0 aliphatic carbocycles. The van der Waals surface area contributed by atoms with E-state index >= 15 is 0 Å². The number of hydrogen-bond donors (Lipinski definition) is 0. The second-order valence-corrected chi connectivity index (χ2v) is 2.42. The molecule has 0 fully saturated rings. The number of carbonyl (C=O) groups is 1. The van der Waals surface area contributed by atoms with Crippen LogP contribution in [0.3, 0.4) is 0 Å². The Balaban J connectivity index is 2.72. The summed E-state index contributed by atoms with van der Waals surface area (Å²) in [5.74, 6) is 4.20. The third kappa shape index (κ3) is 3.15. The summed E-state index contributed by atoms with van der Waals surface area (Å²) in [6.45, 7) is 2.00. The Labute approximate surface area is 81.7 Å². The molecular formula is C10H9NO3. The molecule has 0 atom stereocenters. The molecule has 14 heavy (non-hydrogen) atoms. The lowest BCUT2D eigenvalue weighted by molar-refractivity contribution is -0.605. The van der Waals surface area contributed by atoms with Crippen LogP contribution in [-0.4, -0.2) is 12.6 Å². The van der Waals surface area contributed by atoms with Gasteiger partial charge in [0.15, 0.2) is 12.4 Å². The van der Waals surface area contributed by atoms with Gasteiger partial charge in [0.2, 0.25) is 0 Å². The SMILES string of the molecule is CCOC(=O)C#Cc1ccc[n+]([O-])c1. The van der Waals surface area contributed by atoms with Crippen molar-refractivity contribution in [3.8, 4) is 11.8 Å². The summed E-state index contributed by atoms with van der Waals surface area (Å²) in [7, 11) is 0. The highest BCUT2D eigenvalue weighted by Gasteiger charge is 1.95. The highest BCUT2D eigenvalue weighted by atomic mass is 16.5. The fourth-order valence-corrected chi connectivity index (χ4v) is 0.819. The van der Waals surface area contributed by atoms with Gasteiger partial charge in [-0.15, -0.1) is 0 Å². The zero-order valence-corrected chi connectivity index (χ0v) is 7.69. The Bertz CT molecular complexity index is 390. The van der Waals surface area contributed by atoms with Crippen LogP contribution in [-0.2, 0) is 9.53 Å². The van der Waals surface area contributed by atoms with Crippen LogP contribution in [0.25, 0.3) is 0 Å². The molecule has 4 heteroatoms. The summed E-state index contributed by atoms with van der Waals surface area (Å²) in [4.78, 5) is 10.8. The van der Waals surface area contributed by atoms with E-state index in [-0.39, 0.29) is 0 Å². The van der Waals surface area contributed by atoms with Crippen molar-refractivity contribution >= 4 is 5.97 Å². The van der Waals surface area contributed by atoms with Gasteiger partial charge >= 0.3 is 5.97 Å². The number of pyridine rings is 1. The molecule has 0 spiro atoms. The number of aromatic nitrogens is 1. The van der Waals surface area contributed by atoms with Crippen LogP contribution in [0.5, 0.6) is 0 Å². The number of nitrogens with zero attached hydrogens (tertiary/aromatic N) is 1. The molecule has 1 heterocycles. The minimum absolute atomic E-state index is 0.295. The first-order valence-corrected chi connectivity index (χ1v) is 4.10. The molecule has 1 rings (SSSR count). The van der Waals surface area contributed by atoms with Gasteiger partial charge in [0.25, 0.3) is 0 Å². The molecule has 0 aliphatic heterocycles. The van der Waals surface area contributed by atoms with E-state index in [1.54, 1.807) is 19.1 Å². The van der Waals surface area contributed by atoms with Crippen molar-refractivity contribution in [3.63, 3.8) is 0 Å². The van der Waals surface area contributed by atoms with Gasteiger partial charge in [0, 0.05) is 12.0 Å². The van der Waals surface area contributed by atoms with Gasteiger partial charge in [-0.25, -0.2) is 4.79 Å². The molecule has 0 radical (unpaired) electrons. The van der Waals surface area contributed by atoms with E-state index in [4.69, 9.17) is 0 Å². The normalized spacial score (nSPS) is 8.64. The fourth-order valence-electron chi connectivity index (χ4n) is 0.819. The molecule has 0 saturated heterocycles. The van der Waals surface area contributed by atoms with Crippen LogP contribution in [0.4, 0.5) is 0 Å². The number of hydrogen-bond acceptors (Lipinski definition) is 3. The summed E-state index contributed by atoms with van der Waals surface area (Å²) in [6, 6.07) is 3.20. The third-order valence-electron chi connectivity index (χ3n) is 1.36. The van der Waals surface area contributed by atoms with Gasteiger partial charge in [-0.3, -0.25) is 0 Å². The van der Waals surface area contributed by atoms with E-state index in [1.807, 2.05) is 0 Å². The maximum absolute atomic E-state index is 10.8. The van der Waals surface area contributed by atoms with Crippen molar-refractivity contribution < 1.29 is 14.3 Å². The number of esters is 1. The summed E-state index contributed by atoms with van der Waals surface area (Å²) < 4.78 is 5.22. The Morgan fingerprint density at radius 1 is 1.71 bits per heavy atom. The van der Waals surface area contributed by atoms with Gasteiger partial charge in [-0.2, -0.15) is 4.73 Å². The molecule has 1 aromatic heterocycles. The minimum Gasteiger partial charge on any atom is -0.619 e. The highest BCUT2D eigenvalue weighted by Crippen LogP contribution is 1.90. The number of rotatable bonds is 1. The largest absolute Gasteiger partial charge is 0.619 e. The maximum Gasteiger partial charge on any atom is 0.384 e. The van der Waals surface area contributed by atoms with Crippen molar-refractivity contribution in [1.82, 2.24) is 0 Å². The molecule has 0 aromatic carbocycles. The predicted octanol–water partition coefficient (Wildman–Crippen LogP) is 0.235. The second-order valence-electron chi connectivity index (χ2n) is 2.42. The van der Waals surface area contributed by atoms with Crippen LogP contribution in [0.2, 0.25) is 0 Å². The Hall–Kier alpha value is -2.02. The average Bonchev–Trinajstić information content (AvgIpc) is 2.15. The van der Waals surface area contributed by atoms with Crippen molar-refractivity contribution in [1.29, 1.82) is 0 Å². The van der Waals surface area contributed by atoms with E-state index in [0.717, 1.165) is 0 Å². The molecule has 0 unspecified atom stereocenters. The molecule has 0 amide bonds. The van der Waals surface area contributed by atoms with Crippen molar-refractivity contribution in [2.24, 2.45) is 0 Å². The topological polar surface area (TPSA) is 53.2 Å². The zero-order chi connectivity index (χ0) is 10.4. The maximum atomic E-state index is 10.8. The van der Waals surface area contributed by atoms with E-state index in [1.165, 1.54) is 12.4 Å². The summed E-state index contributed by atoms with van der Waals surface area (Å²) in [5.41, 5.74) is 0.482. The van der Waals surface area contributed by atoms with E-state index in [0.29, 0.717) is 16.9 Å². The lowest BCUT2D eigenvalue weighted by atomic mass is 10.3. The van der Waals surface area contributed by atoms with E-state index in [2.05, 4.69) is 16.6 Å². The van der Waals surface area contributed by atoms with Gasteiger partial charge in [0.1, 0.15) is 0 Å². The van der Waals surface area contributed by atoms with Crippen molar-refractivity contribution in [3.05, 3.63) is 35.3 Å². The van der Waals surface area contributed by atoms with Gasteiger partial charge in [0.05, 0.1) is 12.2 Å². The molecule has 72 valence electrons. The monoisotopic (exact) mass is 191 g/mol. The molecule has 4 nitrogen and oxygen atoms in total. The molecule has 1 aromatic rings. The van der Waals surface area contributed by atoms with Crippen molar-refractivity contribution in [2.45, 2.75) is 6.92 Å². The lowest BCUT2D eigenvalue weighted by Crippen LogP contribution is -2.24. The zero-order valence-electron chi connectivity index (χ0n) is 7.69. The summed E-state index contributed by atoms with van der Waals surface area (Å²) in [5, 5.41) is 10.8. The van der Waals surface area contributed by atoms with Crippen molar-refractivity contribution in [2.75, 3.05) is 6.61 Å². The molecule has 0 bridgehead atoms. The first-order valence-electron chi connectivity index (χ1n) is 4.10. The quantitative estimate of drug-likeness (QED) is 0.276. The minimum atomic E-state index is -0.589. The molecule has 0 saturated carbocycles. The standard InChI is InChI=1S/C10H9NO3/c1-2-14-10(12)6-5-9-4-3-7-11(13)8-9/h3-4,7-8H,2H2,1H3. The fraction of sp³-hybridized carbons (Fsp3) is 0.200. The van der Waals surface area contributed by atoms with Crippen LogP contribution < -0.4 is 4.73 Å². The summed E-state index contributed by atoms with van der Waals surface area (Å²) in [6.07, 6.45) is 2.63. The molecular weight excluding hydrogens is 182 g/mol. The Morgan fingerprint density at radius 2 is 2.50 bits per heavy atom. The van der Waals surface area contributed by atoms with Crippen LogP contribution in [0, 0.1) is 17.0 Å². The van der Waals surface area contributed by atoms with E-state index < -0.39 is 5.97 Å². The molecule has 0 N–H and O–H groups in total. The Kier molecular flexibility index (Phi) is 3.50. The third-order valence-corrected chi connectivity index (χ3v) is 1.36. The first kappa shape index (κ1) is 10.1.